The lowest BCUT2D eigenvalue weighted by Gasteiger charge is -2.11. The van der Waals surface area contributed by atoms with E-state index in [0.29, 0.717) is 12.8 Å². The van der Waals surface area contributed by atoms with Crippen molar-refractivity contribution in [1.29, 1.82) is 0 Å². The van der Waals surface area contributed by atoms with Crippen LogP contribution in [-0.4, -0.2) is 32.0 Å². The molecule has 1 unspecified atom stereocenters. The zero-order valence-electron chi connectivity index (χ0n) is 8.47. The highest BCUT2D eigenvalue weighted by atomic mass is 128. The first-order valence-electron chi connectivity index (χ1n) is 4.00. The highest BCUT2D eigenvalue weighted by Crippen LogP contribution is 1.99. The molecule has 0 spiro atoms. The number of halogens is 2. The zero-order valence-corrected chi connectivity index (χ0v) is 12.8. The van der Waals surface area contributed by atoms with Crippen molar-refractivity contribution >= 4 is 49.0 Å². The molecule has 0 aliphatic carbocycles. The Hall–Kier alpha value is 0.560. The molecule has 0 aromatic rings. The standard InChI is InChI=1S/C8H15NO3.I2/c1-6(10)4-5-7(9-2)8(11)12-3;1-2/h7,9H,4-5H2,1-3H3;. The number of esters is 1. The van der Waals surface area contributed by atoms with Crippen molar-refractivity contribution < 1.29 is 14.3 Å². The minimum absolute atomic E-state index is 0.0825. The highest BCUT2D eigenvalue weighted by molar-refractivity contribution is 15.0. The molecule has 0 rings (SSSR count). The lowest BCUT2D eigenvalue weighted by atomic mass is 10.1. The van der Waals surface area contributed by atoms with Crippen molar-refractivity contribution in [2.24, 2.45) is 0 Å². The van der Waals surface area contributed by atoms with Crippen LogP contribution in [0, 0.1) is 0 Å². The smallest absolute Gasteiger partial charge is 0.322 e. The van der Waals surface area contributed by atoms with E-state index in [1.54, 1.807) is 7.05 Å². The summed E-state index contributed by atoms with van der Waals surface area (Å²) in [7, 11) is 3.00. The maximum Gasteiger partial charge on any atom is 0.322 e. The van der Waals surface area contributed by atoms with E-state index in [-0.39, 0.29) is 17.8 Å². The molecular formula is C8H15I2NO3. The number of rotatable bonds is 5. The van der Waals surface area contributed by atoms with Gasteiger partial charge in [-0.1, -0.05) is 0 Å². The molecule has 14 heavy (non-hydrogen) atoms. The van der Waals surface area contributed by atoms with Crippen LogP contribution in [-0.2, 0) is 14.3 Å². The molecule has 0 fully saturated rings. The van der Waals surface area contributed by atoms with Crippen molar-refractivity contribution in [1.82, 2.24) is 5.32 Å². The molecule has 0 aliphatic rings. The van der Waals surface area contributed by atoms with Gasteiger partial charge in [-0.3, -0.25) is 4.79 Å². The van der Waals surface area contributed by atoms with Crippen molar-refractivity contribution in [2.75, 3.05) is 14.2 Å². The number of likely N-dealkylation sites (N-methyl/N-ethyl adjacent to an activating group) is 1. The largest absolute Gasteiger partial charge is 0.468 e. The van der Waals surface area contributed by atoms with E-state index in [1.807, 2.05) is 0 Å². The van der Waals surface area contributed by atoms with Gasteiger partial charge >= 0.3 is 5.97 Å². The quantitative estimate of drug-likeness (QED) is 0.538. The van der Waals surface area contributed by atoms with E-state index in [1.165, 1.54) is 14.0 Å². The predicted octanol–water partition coefficient (Wildman–Crippen LogP) is 1.89. The van der Waals surface area contributed by atoms with Crippen LogP contribution in [0.25, 0.3) is 0 Å². The molecule has 1 N–H and O–H groups in total. The van der Waals surface area contributed by atoms with Crippen LogP contribution < -0.4 is 5.32 Å². The molecule has 1 atom stereocenters. The predicted molar refractivity (Wildman–Crippen MR) is 72.8 cm³/mol. The summed E-state index contributed by atoms with van der Waals surface area (Å²) in [6.45, 7) is 1.50. The van der Waals surface area contributed by atoms with E-state index in [9.17, 15) is 9.59 Å². The Morgan fingerprint density at radius 3 is 2.21 bits per heavy atom. The third-order valence-electron chi connectivity index (χ3n) is 1.62. The molecule has 0 saturated heterocycles. The first-order chi connectivity index (χ1) is 6.61. The average Bonchev–Trinajstić information content (AvgIpc) is 2.21. The Balaban J connectivity index is 0. The molecule has 84 valence electrons. The second-order valence-electron chi connectivity index (χ2n) is 2.61. The summed E-state index contributed by atoms with van der Waals surface area (Å²) in [5, 5.41) is 2.78. The first kappa shape index (κ1) is 17.0. The van der Waals surface area contributed by atoms with Crippen LogP contribution in [0.4, 0.5) is 0 Å². The molecule has 6 heteroatoms. The molecule has 0 saturated carbocycles. The van der Waals surface area contributed by atoms with Gasteiger partial charge in [0.05, 0.1) is 7.11 Å². The Bertz CT molecular complexity index is 176. The third-order valence-corrected chi connectivity index (χ3v) is 1.62. The summed E-state index contributed by atoms with van der Waals surface area (Å²) in [6, 6.07) is -0.362. The number of nitrogens with one attached hydrogen (secondary N) is 1. The first-order valence-corrected chi connectivity index (χ1v) is 10.3. The minimum atomic E-state index is -0.362. The maximum absolute atomic E-state index is 11.0. The average molecular weight is 427 g/mol. The zero-order chi connectivity index (χ0) is 11.6. The fourth-order valence-electron chi connectivity index (χ4n) is 0.870. The molecule has 0 radical (unpaired) electrons. The van der Waals surface area contributed by atoms with Gasteiger partial charge in [-0.2, -0.15) is 0 Å². The molecule has 0 aliphatic heterocycles. The van der Waals surface area contributed by atoms with Crippen LogP contribution >= 0.6 is 37.2 Å². The highest BCUT2D eigenvalue weighted by Gasteiger charge is 2.16. The number of methoxy groups -OCH3 is 1. The summed E-state index contributed by atoms with van der Waals surface area (Å²) in [4.78, 5) is 21.6. The summed E-state index contributed by atoms with van der Waals surface area (Å²) >= 11 is 4.24. The topological polar surface area (TPSA) is 55.4 Å². The molecule has 4 nitrogen and oxygen atoms in total. The Labute approximate surface area is 108 Å². The molecule has 0 aromatic carbocycles. The second-order valence-corrected chi connectivity index (χ2v) is 2.61. The van der Waals surface area contributed by atoms with E-state index >= 15 is 0 Å². The van der Waals surface area contributed by atoms with Crippen LogP contribution in [0.15, 0.2) is 0 Å². The van der Waals surface area contributed by atoms with E-state index < -0.39 is 0 Å². The second kappa shape index (κ2) is 11.6. The van der Waals surface area contributed by atoms with E-state index in [2.05, 4.69) is 47.3 Å². The van der Waals surface area contributed by atoms with Gasteiger partial charge in [0.15, 0.2) is 0 Å². The number of Topliss-reactive ketones (excluding diaryl/α,β-unsaturated/α-hetero) is 1. The molecule has 0 aromatic heterocycles. The van der Waals surface area contributed by atoms with Gasteiger partial charge in [0.2, 0.25) is 0 Å². The lowest BCUT2D eigenvalue weighted by Crippen LogP contribution is -2.35. The van der Waals surface area contributed by atoms with Gasteiger partial charge in [0, 0.05) is 43.7 Å². The Morgan fingerprint density at radius 1 is 1.43 bits per heavy atom. The van der Waals surface area contributed by atoms with Crippen LogP contribution in [0.2, 0.25) is 0 Å². The van der Waals surface area contributed by atoms with E-state index in [4.69, 9.17) is 0 Å². The van der Waals surface area contributed by atoms with Gasteiger partial charge in [-0.05, 0) is 20.4 Å². The number of carbonyl (C=O) groups is 2. The molecule has 0 bridgehead atoms. The van der Waals surface area contributed by atoms with Gasteiger partial charge in [0.1, 0.15) is 11.8 Å². The fraction of sp³-hybridized carbons (Fsp3) is 0.750. The van der Waals surface area contributed by atoms with Crippen LogP contribution in [0.3, 0.4) is 0 Å². The Kier molecular flexibility index (Phi) is 14.1. The van der Waals surface area contributed by atoms with Gasteiger partial charge in [0.25, 0.3) is 0 Å². The van der Waals surface area contributed by atoms with Crippen molar-refractivity contribution in [2.45, 2.75) is 25.8 Å². The summed E-state index contributed by atoms with van der Waals surface area (Å²) in [5.74, 6) is -0.238. The number of ketones is 1. The number of ether oxygens (including phenoxy) is 1. The number of hydrogen-bond acceptors (Lipinski definition) is 4. The van der Waals surface area contributed by atoms with Crippen molar-refractivity contribution in [3.8, 4) is 0 Å². The number of hydrogen-bond donors (Lipinski definition) is 1. The molecular weight excluding hydrogens is 412 g/mol. The summed E-state index contributed by atoms with van der Waals surface area (Å²) in [5.41, 5.74) is 0. The van der Waals surface area contributed by atoms with Crippen molar-refractivity contribution in [3.63, 3.8) is 0 Å². The minimum Gasteiger partial charge on any atom is -0.468 e. The number of carbonyl (C=O) groups excluding carboxylic acids is 2. The molecule has 0 heterocycles. The fourth-order valence-corrected chi connectivity index (χ4v) is 0.870. The van der Waals surface area contributed by atoms with Crippen LogP contribution in [0.1, 0.15) is 19.8 Å². The molecule has 0 amide bonds. The normalized spacial score (nSPS) is 10.9. The summed E-state index contributed by atoms with van der Waals surface area (Å²) in [6.07, 6.45) is 0.902. The van der Waals surface area contributed by atoms with Crippen LogP contribution in [0.5, 0.6) is 0 Å². The van der Waals surface area contributed by atoms with Gasteiger partial charge < -0.3 is 14.8 Å². The van der Waals surface area contributed by atoms with Gasteiger partial charge in [-0.25, -0.2) is 0 Å². The Morgan fingerprint density at radius 2 is 1.93 bits per heavy atom. The summed E-state index contributed by atoms with van der Waals surface area (Å²) < 4.78 is 4.52. The monoisotopic (exact) mass is 427 g/mol. The van der Waals surface area contributed by atoms with Crippen molar-refractivity contribution in [3.05, 3.63) is 0 Å². The third kappa shape index (κ3) is 9.13. The van der Waals surface area contributed by atoms with Gasteiger partial charge in [-0.15, -0.1) is 0 Å². The SMILES string of the molecule is CNC(CCC(C)=O)C(=O)OC.II. The maximum atomic E-state index is 11.0. The van der Waals surface area contributed by atoms with E-state index in [0.717, 1.165) is 0 Å². The lowest BCUT2D eigenvalue weighted by molar-refractivity contribution is -0.143.